The van der Waals surface area contributed by atoms with Gasteiger partial charge in [-0.15, -0.1) is 0 Å². The molecule has 3 heteroatoms. The van der Waals surface area contributed by atoms with E-state index in [1.165, 1.54) is 43.9 Å². The van der Waals surface area contributed by atoms with E-state index in [-0.39, 0.29) is 0 Å². The number of aromatic nitrogens is 1. The van der Waals surface area contributed by atoms with Gasteiger partial charge in [-0.2, -0.15) is 0 Å². The van der Waals surface area contributed by atoms with E-state index in [0.29, 0.717) is 0 Å². The van der Waals surface area contributed by atoms with Crippen molar-refractivity contribution in [1.29, 1.82) is 0 Å². The smallest absolute Gasteiger partial charge is 0.159 e. The second-order valence-electron chi connectivity index (χ2n) is 14.1. The Hall–Kier alpha value is -7.36. The molecule has 0 atom stereocenters. The molecule has 0 unspecified atom stereocenters. The van der Waals surface area contributed by atoms with Crippen molar-refractivity contribution in [2.75, 3.05) is 4.90 Å². The van der Waals surface area contributed by atoms with Gasteiger partial charge < -0.3 is 13.9 Å². The van der Waals surface area contributed by atoms with E-state index in [1.54, 1.807) is 0 Å². The molecule has 0 spiro atoms. The molecule has 0 fully saturated rings. The standard InChI is InChI=1S/C52H34N2O/c1-4-15-35(16-5-1)36-27-29-39(30-28-36)53(40-31-32-49-46(33-40)42-22-12-13-25-48(42)54(49)38-19-8-3-9-20-38)50-26-14-24-44-47-34-45(37-17-6-2-7-18-37)41-21-10-11-23-43(41)51(47)55-52(44)50/h1-34H. The highest BCUT2D eigenvalue weighted by Crippen LogP contribution is 2.46. The number of fused-ring (bicyclic) bond motifs is 8. The van der Waals surface area contributed by atoms with Gasteiger partial charge in [0.05, 0.1) is 16.7 Å². The highest BCUT2D eigenvalue weighted by Gasteiger charge is 2.23. The van der Waals surface area contributed by atoms with E-state index in [9.17, 15) is 0 Å². The number of anilines is 3. The maximum absolute atomic E-state index is 7.08. The molecule has 2 aromatic heterocycles. The van der Waals surface area contributed by atoms with Crippen LogP contribution in [0.1, 0.15) is 0 Å². The molecule has 0 aliphatic rings. The van der Waals surface area contributed by atoms with Crippen molar-refractivity contribution in [3.63, 3.8) is 0 Å². The van der Waals surface area contributed by atoms with Crippen molar-refractivity contribution in [2.45, 2.75) is 0 Å². The fraction of sp³-hybridized carbons (Fsp3) is 0. The molecular weight excluding hydrogens is 669 g/mol. The topological polar surface area (TPSA) is 21.3 Å². The first-order chi connectivity index (χ1) is 27.3. The molecule has 0 radical (unpaired) electrons. The van der Waals surface area contributed by atoms with Gasteiger partial charge in [0.25, 0.3) is 0 Å². The van der Waals surface area contributed by atoms with Crippen molar-refractivity contribution in [3.05, 3.63) is 206 Å². The van der Waals surface area contributed by atoms with Crippen molar-refractivity contribution >= 4 is 71.6 Å². The summed E-state index contributed by atoms with van der Waals surface area (Å²) in [5, 5.41) is 6.88. The normalized spacial score (nSPS) is 11.6. The first-order valence-corrected chi connectivity index (χ1v) is 18.8. The predicted molar refractivity (Wildman–Crippen MR) is 231 cm³/mol. The van der Waals surface area contributed by atoms with Crippen LogP contribution in [-0.4, -0.2) is 4.57 Å². The molecule has 0 N–H and O–H groups in total. The zero-order chi connectivity index (χ0) is 36.3. The Morgan fingerprint density at radius 2 is 0.909 bits per heavy atom. The van der Waals surface area contributed by atoms with Crippen LogP contribution < -0.4 is 4.90 Å². The Balaban J connectivity index is 1.17. The van der Waals surface area contributed by atoms with E-state index >= 15 is 0 Å². The molecular formula is C52H34N2O. The first kappa shape index (κ1) is 31.2. The second-order valence-corrected chi connectivity index (χ2v) is 14.1. The Labute approximate surface area is 318 Å². The number of hydrogen-bond acceptors (Lipinski definition) is 2. The van der Waals surface area contributed by atoms with Crippen molar-refractivity contribution < 1.29 is 4.42 Å². The third-order valence-electron chi connectivity index (χ3n) is 11.0. The highest BCUT2D eigenvalue weighted by atomic mass is 16.3. The molecule has 0 aliphatic heterocycles. The Bertz CT molecular complexity index is 3180. The summed E-state index contributed by atoms with van der Waals surface area (Å²) >= 11 is 0. The Kier molecular flexibility index (Phi) is 7.17. The first-order valence-electron chi connectivity index (χ1n) is 18.8. The van der Waals surface area contributed by atoms with E-state index in [1.807, 2.05) is 0 Å². The lowest BCUT2D eigenvalue weighted by molar-refractivity contribution is 0.673. The van der Waals surface area contributed by atoms with E-state index in [4.69, 9.17) is 4.42 Å². The third-order valence-corrected chi connectivity index (χ3v) is 11.0. The second kappa shape index (κ2) is 12.6. The Morgan fingerprint density at radius 3 is 1.67 bits per heavy atom. The summed E-state index contributed by atoms with van der Waals surface area (Å²) in [6.07, 6.45) is 0. The molecule has 0 amide bonds. The van der Waals surface area contributed by atoms with Gasteiger partial charge in [0.15, 0.2) is 5.58 Å². The van der Waals surface area contributed by atoms with Gasteiger partial charge >= 0.3 is 0 Å². The molecule has 258 valence electrons. The molecule has 11 rings (SSSR count). The lowest BCUT2D eigenvalue weighted by Crippen LogP contribution is -2.10. The summed E-state index contributed by atoms with van der Waals surface area (Å²) in [4.78, 5) is 2.36. The largest absolute Gasteiger partial charge is 0.453 e. The van der Waals surface area contributed by atoms with E-state index in [0.717, 1.165) is 55.6 Å². The molecule has 3 nitrogen and oxygen atoms in total. The van der Waals surface area contributed by atoms with Crippen LogP contribution in [0.15, 0.2) is 211 Å². The van der Waals surface area contributed by atoms with Crippen LogP contribution in [0, 0.1) is 0 Å². The van der Waals surface area contributed by atoms with Crippen LogP contribution in [0.25, 0.3) is 82.5 Å². The van der Waals surface area contributed by atoms with Crippen LogP contribution in [0.2, 0.25) is 0 Å². The van der Waals surface area contributed by atoms with Gasteiger partial charge in [-0.25, -0.2) is 0 Å². The SMILES string of the molecule is c1ccc(-c2ccc(N(c3ccc4c(c3)c3ccccc3n4-c3ccccc3)c3cccc4c3oc3c5ccccc5c(-c5ccccc5)cc43)cc2)cc1. The summed E-state index contributed by atoms with van der Waals surface area (Å²) in [7, 11) is 0. The molecule has 0 saturated carbocycles. The minimum Gasteiger partial charge on any atom is -0.453 e. The number of hydrogen-bond donors (Lipinski definition) is 0. The lowest BCUT2D eigenvalue weighted by atomic mass is 9.95. The predicted octanol–water partition coefficient (Wildman–Crippen LogP) is 14.6. The molecule has 2 heterocycles. The van der Waals surface area contributed by atoms with Crippen LogP contribution in [0.5, 0.6) is 0 Å². The van der Waals surface area contributed by atoms with Crippen molar-refractivity contribution in [1.82, 2.24) is 4.57 Å². The quantitative estimate of drug-likeness (QED) is 0.172. The van der Waals surface area contributed by atoms with Crippen LogP contribution in [0.3, 0.4) is 0 Å². The summed E-state index contributed by atoms with van der Waals surface area (Å²) in [6.45, 7) is 0. The minimum absolute atomic E-state index is 0.854. The van der Waals surface area contributed by atoms with Gasteiger partial charge in [-0.3, -0.25) is 0 Å². The monoisotopic (exact) mass is 702 g/mol. The van der Waals surface area contributed by atoms with Crippen LogP contribution in [-0.2, 0) is 0 Å². The summed E-state index contributed by atoms with van der Waals surface area (Å²) < 4.78 is 9.44. The molecule has 55 heavy (non-hydrogen) atoms. The fourth-order valence-electron chi connectivity index (χ4n) is 8.45. The maximum Gasteiger partial charge on any atom is 0.159 e. The van der Waals surface area contributed by atoms with Gasteiger partial charge in [-0.05, 0) is 88.3 Å². The van der Waals surface area contributed by atoms with Crippen LogP contribution in [0.4, 0.5) is 17.1 Å². The molecule has 11 aromatic rings. The summed E-state index contributed by atoms with van der Waals surface area (Å²) in [6, 6.07) is 73.7. The number of furan rings is 1. The van der Waals surface area contributed by atoms with Gasteiger partial charge in [0, 0.05) is 44.0 Å². The zero-order valence-electron chi connectivity index (χ0n) is 29.9. The summed E-state index contributed by atoms with van der Waals surface area (Å²) in [5.74, 6) is 0. The number of para-hydroxylation sites is 3. The fourth-order valence-corrected chi connectivity index (χ4v) is 8.45. The van der Waals surface area contributed by atoms with Crippen molar-refractivity contribution in [3.8, 4) is 27.9 Å². The highest BCUT2D eigenvalue weighted by molar-refractivity contribution is 6.21. The minimum atomic E-state index is 0.854. The third kappa shape index (κ3) is 5.05. The van der Waals surface area contributed by atoms with Gasteiger partial charge in [0.2, 0.25) is 0 Å². The maximum atomic E-state index is 7.08. The van der Waals surface area contributed by atoms with Crippen LogP contribution >= 0.6 is 0 Å². The molecule has 0 aliphatic carbocycles. The van der Waals surface area contributed by atoms with E-state index in [2.05, 4.69) is 216 Å². The van der Waals surface area contributed by atoms with Gasteiger partial charge in [-0.1, -0.05) is 146 Å². The molecule has 0 bridgehead atoms. The van der Waals surface area contributed by atoms with Crippen molar-refractivity contribution in [2.24, 2.45) is 0 Å². The molecule has 9 aromatic carbocycles. The average Bonchev–Trinajstić information content (AvgIpc) is 3.81. The summed E-state index contributed by atoms with van der Waals surface area (Å²) in [5.41, 5.74) is 13.1. The number of benzene rings is 9. The molecule has 0 saturated heterocycles. The Morgan fingerprint density at radius 1 is 0.345 bits per heavy atom. The van der Waals surface area contributed by atoms with E-state index < -0.39 is 0 Å². The number of rotatable bonds is 6. The lowest BCUT2D eigenvalue weighted by Gasteiger charge is -2.26. The number of nitrogens with zero attached hydrogens (tertiary/aromatic N) is 2. The van der Waals surface area contributed by atoms with Gasteiger partial charge in [0.1, 0.15) is 5.58 Å². The average molecular weight is 703 g/mol. The zero-order valence-corrected chi connectivity index (χ0v) is 29.9.